The molecule has 6 nitrogen and oxygen atoms in total. The van der Waals surface area contributed by atoms with E-state index in [1.807, 2.05) is 79.8 Å². The number of thioether (sulfide) groups is 2. The van der Waals surface area contributed by atoms with Gasteiger partial charge in [0.15, 0.2) is 5.78 Å². The van der Waals surface area contributed by atoms with Crippen LogP contribution in [-0.4, -0.2) is 46.8 Å². The molecule has 252 valence electrons. The lowest BCUT2D eigenvalue weighted by atomic mass is 9.86. The predicted molar refractivity (Wildman–Crippen MR) is 205 cm³/mol. The fourth-order valence-corrected chi connectivity index (χ4v) is 8.02. The van der Waals surface area contributed by atoms with E-state index in [1.165, 1.54) is 6.92 Å². The third kappa shape index (κ3) is 9.53. The summed E-state index contributed by atoms with van der Waals surface area (Å²) < 4.78 is 0. The van der Waals surface area contributed by atoms with Crippen LogP contribution in [0.1, 0.15) is 55.5 Å². The van der Waals surface area contributed by atoms with E-state index in [1.54, 1.807) is 41.7 Å². The van der Waals surface area contributed by atoms with Gasteiger partial charge in [0.2, 0.25) is 5.78 Å². The molecule has 0 bridgehead atoms. The van der Waals surface area contributed by atoms with Gasteiger partial charge >= 0.3 is 5.97 Å². The highest BCUT2D eigenvalue weighted by molar-refractivity contribution is 8.03. The fraction of sp³-hybridized carbons (Fsp3) is 0.250. The van der Waals surface area contributed by atoms with Gasteiger partial charge in [0.05, 0.1) is 6.04 Å². The lowest BCUT2D eigenvalue weighted by Gasteiger charge is -2.28. The lowest BCUT2D eigenvalue weighted by molar-refractivity contribution is -0.140. The predicted octanol–water partition coefficient (Wildman–Crippen LogP) is 9.53. The zero-order chi connectivity index (χ0) is 34.8. The molecule has 2 aromatic rings. The van der Waals surface area contributed by atoms with Crippen LogP contribution in [0, 0.1) is 0 Å². The van der Waals surface area contributed by atoms with Gasteiger partial charge in [-0.3, -0.25) is 9.59 Å². The molecule has 9 heteroatoms. The average molecular weight is 711 g/mol. The topological polar surface area (TPSA) is 76.0 Å². The number of likely N-dealkylation sites (N-methyl/N-ethyl adjacent to an activating group) is 1. The van der Waals surface area contributed by atoms with Gasteiger partial charge in [0.1, 0.15) is 5.71 Å². The van der Waals surface area contributed by atoms with Crippen LogP contribution in [0.15, 0.2) is 141 Å². The summed E-state index contributed by atoms with van der Waals surface area (Å²) in [4.78, 5) is 48.2. The van der Waals surface area contributed by atoms with Gasteiger partial charge in [-0.25, -0.2) is 4.79 Å². The molecule has 0 fully saturated rings. The molecule has 5 rings (SSSR count). The van der Waals surface area contributed by atoms with E-state index in [9.17, 15) is 14.4 Å². The fourth-order valence-electron chi connectivity index (χ4n) is 5.90. The third-order valence-corrected chi connectivity index (χ3v) is 10.7. The van der Waals surface area contributed by atoms with Crippen LogP contribution in [0.5, 0.6) is 0 Å². The molecule has 0 amide bonds. The van der Waals surface area contributed by atoms with Crippen molar-refractivity contribution in [2.75, 3.05) is 17.2 Å². The van der Waals surface area contributed by atoms with Crippen molar-refractivity contribution < 1.29 is 19.2 Å². The Morgan fingerprint density at radius 1 is 1.08 bits per heavy atom. The van der Waals surface area contributed by atoms with Crippen LogP contribution in [0.2, 0.25) is 0 Å². The molecule has 0 N–H and O–H groups in total. The molecule has 0 saturated heterocycles. The monoisotopic (exact) mass is 710 g/mol. The maximum absolute atomic E-state index is 13.8. The Balaban J connectivity index is 1.34. The third-order valence-electron chi connectivity index (χ3n) is 8.19. The van der Waals surface area contributed by atoms with Gasteiger partial charge in [-0.1, -0.05) is 95.3 Å². The normalized spacial score (nSPS) is 20.3. The van der Waals surface area contributed by atoms with Crippen LogP contribution < -0.4 is 4.90 Å². The van der Waals surface area contributed by atoms with Gasteiger partial charge < -0.3 is 9.74 Å². The first-order valence-electron chi connectivity index (χ1n) is 16.3. The van der Waals surface area contributed by atoms with Gasteiger partial charge in [-0.05, 0) is 80.1 Å². The maximum Gasteiger partial charge on any atom is 0.331 e. The lowest BCUT2D eigenvalue weighted by Crippen LogP contribution is -2.33. The van der Waals surface area contributed by atoms with Crippen molar-refractivity contribution in [2.24, 2.45) is 5.16 Å². The zero-order valence-corrected chi connectivity index (χ0v) is 30.1. The SMILES string of the molecule is C\C=C/C(=C\C=C\C(=O)C1=C[C@@H]2c3cc(C(=O)/C(CCSC4C=CC(Cl)=CC4)=N/OC(C)=O)ccc3N(CC)C2C=C1)Sc1ccccc1. The van der Waals surface area contributed by atoms with Crippen molar-refractivity contribution in [2.45, 2.75) is 55.7 Å². The van der Waals surface area contributed by atoms with Gasteiger partial charge in [-0.15, -0.1) is 0 Å². The number of Topliss-reactive ketones (excluding diaryl/α,β-unsaturated/α-hetero) is 1. The molecule has 0 saturated carbocycles. The molecule has 2 aromatic carbocycles. The molecule has 2 aliphatic carbocycles. The van der Waals surface area contributed by atoms with Crippen LogP contribution in [0.3, 0.4) is 0 Å². The van der Waals surface area contributed by atoms with Crippen LogP contribution in [-0.2, 0) is 14.4 Å². The number of nitrogens with zero attached hydrogens (tertiary/aromatic N) is 2. The van der Waals surface area contributed by atoms with E-state index in [2.05, 4.69) is 41.3 Å². The van der Waals surface area contributed by atoms with Gasteiger partial charge in [-0.2, -0.15) is 11.8 Å². The standard InChI is InChI=1S/C40H39ClN2O4S2/c1-4-10-32(49-33-11-7-6-8-12-33)13-9-14-39(45)28-15-21-37-34(25-28)35-26-29(16-22-38(35)43(37)5-2)40(46)36(42-47-27(3)44)23-24-48-31-19-17-30(41)18-20-31/h4,6-19,21-22,25-26,31,34,37H,5,20,23-24H2,1-3H3/b10-4-,14-9+,32-13+,42-36+/t31?,34-,37?/m1/s1. The second-order valence-electron chi connectivity index (χ2n) is 11.6. The van der Waals surface area contributed by atoms with Crippen molar-refractivity contribution in [1.82, 2.24) is 0 Å². The number of oxime groups is 1. The molecule has 0 radical (unpaired) electrons. The number of hydrogen-bond acceptors (Lipinski definition) is 8. The first-order chi connectivity index (χ1) is 23.8. The van der Waals surface area contributed by atoms with Crippen molar-refractivity contribution in [3.63, 3.8) is 0 Å². The van der Waals surface area contributed by atoms with Crippen molar-refractivity contribution >= 4 is 64.1 Å². The van der Waals surface area contributed by atoms with E-state index in [4.69, 9.17) is 16.4 Å². The molecule has 0 spiro atoms. The number of carbonyl (C=O) groups is 3. The Labute approximate surface area is 302 Å². The Morgan fingerprint density at radius 2 is 1.90 bits per heavy atom. The highest BCUT2D eigenvalue weighted by Crippen LogP contribution is 2.45. The summed E-state index contributed by atoms with van der Waals surface area (Å²) in [6.45, 7) is 6.10. The molecule has 49 heavy (non-hydrogen) atoms. The molecular weight excluding hydrogens is 672 g/mol. The Bertz CT molecular complexity index is 1820. The van der Waals surface area contributed by atoms with Gasteiger partial charge in [0, 0.05) is 62.7 Å². The summed E-state index contributed by atoms with van der Waals surface area (Å²) in [6, 6.07) is 15.8. The number of anilines is 1. The first kappa shape index (κ1) is 36.2. The Morgan fingerprint density at radius 3 is 2.61 bits per heavy atom. The van der Waals surface area contributed by atoms with E-state index in [0.29, 0.717) is 23.3 Å². The molecule has 1 heterocycles. The summed E-state index contributed by atoms with van der Waals surface area (Å²) in [5.41, 5.74) is 3.27. The van der Waals surface area contributed by atoms with Crippen molar-refractivity contribution in [3.05, 3.63) is 142 Å². The first-order valence-corrected chi connectivity index (χ1v) is 18.5. The molecule has 2 unspecified atom stereocenters. The van der Waals surface area contributed by atoms with Crippen LogP contribution in [0.25, 0.3) is 0 Å². The molecule has 1 aliphatic heterocycles. The van der Waals surface area contributed by atoms with E-state index >= 15 is 0 Å². The Kier molecular flexibility index (Phi) is 12.9. The van der Waals surface area contributed by atoms with Gasteiger partial charge in [0.25, 0.3) is 0 Å². The minimum atomic E-state index is -0.586. The number of hydrogen-bond donors (Lipinski definition) is 0. The van der Waals surface area contributed by atoms with Crippen molar-refractivity contribution in [1.29, 1.82) is 0 Å². The van der Waals surface area contributed by atoms with E-state index in [-0.39, 0.29) is 34.5 Å². The molecule has 3 aliphatic rings. The number of rotatable bonds is 14. The summed E-state index contributed by atoms with van der Waals surface area (Å²) in [7, 11) is 0. The number of halogens is 1. The molecule has 0 aromatic heterocycles. The average Bonchev–Trinajstić information content (AvgIpc) is 3.42. The largest absolute Gasteiger partial charge is 0.364 e. The summed E-state index contributed by atoms with van der Waals surface area (Å²) in [5, 5.41) is 4.95. The van der Waals surface area contributed by atoms with E-state index in [0.717, 1.165) is 39.0 Å². The summed E-state index contributed by atoms with van der Waals surface area (Å²) >= 11 is 9.38. The minimum absolute atomic E-state index is 0.0334. The second-order valence-corrected chi connectivity index (χ2v) is 14.5. The summed E-state index contributed by atoms with van der Waals surface area (Å²) in [5.74, 6) is -0.445. The molecule has 3 atom stereocenters. The van der Waals surface area contributed by atoms with E-state index < -0.39 is 5.97 Å². The minimum Gasteiger partial charge on any atom is -0.364 e. The molecular formula is C40H39ClN2O4S2. The number of fused-ring (bicyclic) bond motifs is 3. The highest BCUT2D eigenvalue weighted by atomic mass is 35.5. The summed E-state index contributed by atoms with van der Waals surface area (Å²) in [6.07, 6.45) is 22.4. The quantitative estimate of drug-likeness (QED) is 0.0368. The smallest absolute Gasteiger partial charge is 0.331 e. The number of carbonyl (C=O) groups excluding carboxylic acids is 3. The highest BCUT2D eigenvalue weighted by Gasteiger charge is 2.37. The zero-order valence-electron chi connectivity index (χ0n) is 27.8. The number of allylic oxidation sites excluding steroid dienone is 10. The second kappa shape index (κ2) is 17.5. The van der Waals surface area contributed by atoms with Crippen LogP contribution >= 0.6 is 35.1 Å². The van der Waals surface area contributed by atoms with Crippen LogP contribution in [0.4, 0.5) is 5.69 Å². The Hall–Kier alpha value is -4.11. The number of ketones is 2. The maximum atomic E-state index is 13.8. The number of benzene rings is 2. The van der Waals surface area contributed by atoms with Crippen molar-refractivity contribution in [3.8, 4) is 0 Å².